The maximum atomic E-state index is 10.2. The van der Waals surface area contributed by atoms with Gasteiger partial charge in [0, 0.05) is 18.0 Å². The highest BCUT2D eigenvalue weighted by Crippen LogP contribution is 2.33. The van der Waals surface area contributed by atoms with Crippen molar-refractivity contribution in [2.75, 3.05) is 18.8 Å². The summed E-state index contributed by atoms with van der Waals surface area (Å²) in [6.45, 7) is 8.30. The Morgan fingerprint density at radius 1 is 1.33 bits per heavy atom. The van der Waals surface area contributed by atoms with Crippen LogP contribution < -0.4 is 5.73 Å². The van der Waals surface area contributed by atoms with Gasteiger partial charge < -0.3 is 10.8 Å². The number of hydrogen-bond acceptors (Lipinski definition) is 6. The van der Waals surface area contributed by atoms with Gasteiger partial charge in [-0.05, 0) is 25.8 Å². The van der Waals surface area contributed by atoms with Gasteiger partial charge in [-0.25, -0.2) is 9.97 Å². The zero-order valence-corrected chi connectivity index (χ0v) is 13.6. The lowest BCUT2D eigenvalue weighted by Gasteiger charge is -2.46. The molecular weight excluding hydrogens is 284 g/mol. The summed E-state index contributed by atoms with van der Waals surface area (Å²) >= 11 is 1.67. The minimum Gasteiger partial charge on any atom is -0.387 e. The van der Waals surface area contributed by atoms with Crippen molar-refractivity contribution < 1.29 is 5.11 Å². The molecule has 3 N–H and O–H groups in total. The monoisotopic (exact) mass is 306 g/mol. The standard InChI is InChI=1S/C15H22N4OS/c1-4-5-15(20)7-19(8-15)6-11-17-13(16)12-9(2)10(3)21-14(12)18-11/h20H,4-8H2,1-3H3,(H2,16,17,18). The summed E-state index contributed by atoms with van der Waals surface area (Å²) in [5.41, 5.74) is 6.76. The first-order valence-corrected chi connectivity index (χ1v) is 8.20. The molecule has 0 aliphatic carbocycles. The Morgan fingerprint density at radius 2 is 2.05 bits per heavy atom. The molecule has 6 heteroatoms. The fourth-order valence-corrected chi connectivity index (χ4v) is 4.17. The van der Waals surface area contributed by atoms with Crippen molar-refractivity contribution >= 4 is 27.4 Å². The molecule has 21 heavy (non-hydrogen) atoms. The van der Waals surface area contributed by atoms with Crippen molar-refractivity contribution in [1.82, 2.24) is 14.9 Å². The number of aromatic nitrogens is 2. The molecule has 1 aliphatic rings. The van der Waals surface area contributed by atoms with Crippen LogP contribution in [0.1, 0.15) is 36.0 Å². The van der Waals surface area contributed by atoms with E-state index in [0.29, 0.717) is 25.5 Å². The van der Waals surface area contributed by atoms with Crippen LogP contribution in [-0.2, 0) is 6.54 Å². The Balaban J connectivity index is 1.77. The number of aryl methyl sites for hydroxylation is 2. The van der Waals surface area contributed by atoms with Gasteiger partial charge >= 0.3 is 0 Å². The van der Waals surface area contributed by atoms with Gasteiger partial charge in [-0.15, -0.1) is 11.3 Å². The average Bonchev–Trinajstić information content (AvgIpc) is 2.63. The zero-order valence-electron chi connectivity index (χ0n) is 12.8. The summed E-state index contributed by atoms with van der Waals surface area (Å²) in [5.74, 6) is 1.32. The third kappa shape index (κ3) is 2.63. The molecule has 0 amide bonds. The zero-order chi connectivity index (χ0) is 15.2. The molecule has 0 bridgehead atoms. The van der Waals surface area contributed by atoms with Crippen molar-refractivity contribution in [3.63, 3.8) is 0 Å². The average molecular weight is 306 g/mol. The molecule has 0 aromatic carbocycles. The third-order valence-corrected chi connectivity index (χ3v) is 5.32. The minimum atomic E-state index is -0.513. The van der Waals surface area contributed by atoms with Crippen LogP contribution >= 0.6 is 11.3 Å². The summed E-state index contributed by atoms with van der Waals surface area (Å²) in [6.07, 6.45) is 1.86. The van der Waals surface area contributed by atoms with Crippen molar-refractivity contribution in [2.45, 2.75) is 45.8 Å². The molecule has 3 rings (SSSR count). The predicted octanol–water partition coefficient (Wildman–Crippen LogP) is 2.24. The summed E-state index contributed by atoms with van der Waals surface area (Å²) in [5, 5.41) is 11.2. The van der Waals surface area contributed by atoms with E-state index in [4.69, 9.17) is 5.73 Å². The Kier molecular flexibility index (Phi) is 3.63. The molecule has 2 aromatic heterocycles. The lowest BCUT2D eigenvalue weighted by atomic mass is 9.89. The number of rotatable bonds is 4. The third-order valence-electron chi connectivity index (χ3n) is 4.22. The van der Waals surface area contributed by atoms with Crippen LogP contribution in [0.3, 0.4) is 0 Å². The van der Waals surface area contributed by atoms with Crippen LogP contribution in [0.25, 0.3) is 10.2 Å². The van der Waals surface area contributed by atoms with Gasteiger partial charge in [0.25, 0.3) is 0 Å². The van der Waals surface area contributed by atoms with E-state index in [2.05, 4.69) is 35.6 Å². The topological polar surface area (TPSA) is 75.3 Å². The molecule has 1 aliphatic heterocycles. The maximum absolute atomic E-state index is 10.2. The molecule has 0 unspecified atom stereocenters. The molecule has 1 saturated heterocycles. The number of fused-ring (bicyclic) bond motifs is 1. The van der Waals surface area contributed by atoms with Gasteiger partial charge in [-0.2, -0.15) is 0 Å². The summed E-state index contributed by atoms with van der Waals surface area (Å²) < 4.78 is 0. The largest absolute Gasteiger partial charge is 0.387 e. The van der Waals surface area contributed by atoms with Crippen molar-refractivity contribution in [1.29, 1.82) is 0 Å². The van der Waals surface area contributed by atoms with Gasteiger partial charge in [0.15, 0.2) is 0 Å². The number of thiophene rings is 1. The van der Waals surface area contributed by atoms with Gasteiger partial charge in [0.05, 0.1) is 17.5 Å². The second-order valence-corrected chi connectivity index (χ2v) is 7.31. The van der Waals surface area contributed by atoms with Crippen LogP contribution in [0.15, 0.2) is 0 Å². The number of β-amino-alcohol motifs (C(OH)–C–C–N with tert-alkyl or cyclic N) is 1. The highest BCUT2D eigenvalue weighted by Gasteiger charge is 2.40. The summed E-state index contributed by atoms with van der Waals surface area (Å²) in [7, 11) is 0. The Labute approximate surface area is 128 Å². The number of aliphatic hydroxyl groups is 1. The number of nitrogen functional groups attached to an aromatic ring is 1. The van der Waals surface area contributed by atoms with E-state index >= 15 is 0 Å². The molecule has 0 saturated carbocycles. The van der Waals surface area contributed by atoms with Crippen LogP contribution in [-0.4, -0.2) is 38.7 Å². The number of nitrogens with zero attached hydrogens (tertiary/aromatic N) is 3. The van der Waals surface area contributed by atoms with Crippen LogP contribution in [0.4, 0.5) is 5.82 Å². The summed E-state index contributed by atoms with van der Waals surface area (Å²) in [4.78, 5) is 13.5. The molecular formula is C15H22N4OS. The Bertz CT molecular complexity index is 676. The molecule has 114 valence electrons. The van der Waals surface area contributed by atoms with Crippen molar-refractivity contribution in [3.8, 4) is 0 Å². The number of hydrogen-bond donors (Lipinski definition) is 2. The maximum Gasteiger partial charge on any atom is 0.146 e. The van der Waals surface area contributed by atoms with E-state index in [1.54, 1.807) is 11.3 Å². The number of nitrogens with two attached hydrogens (primary N) is 1. The smallest absolute Gasteiger partial charge is 0.146 e. The normalized spacial score (nSPS) is 18.1. The molecule has 0 spiro atoms. The second-order valence-electron chi connectivity index (χ2n) is 6.11. The lowest BCUT2D eigenvalue weighted by Crippen LogP contribution is -2.61. The minimum absolute atomic E-state index is 0.513. The van der Waals surface area contributed by atoms with Gasteiger partial charge in [0.1, 0.15) is 16.5 Å². The highest BCUT2D eigenvalue weighted by atomic mass is 32.1. The SMILES string of the molecule is CCCC1(O)CN(Cc2nc(N)c3c(C)c(C)sc3n2)C1. The van der Waals surface area contributed by atoms with Gasteiger partial charge in [0.2, 0.25) is 0 Å². The first kappa shape index (κ1) is 14.7. The fourth-order valence-electron chi connectivity index (χ4n) is 3.12. The predicted molar refractivity (Wildman–Crippen MR) is 86.4 cm³/mol. The Morgan fingerprint density at radius 3 is 2.71 bits per heavy atom. The molecule has 1 fully saturated rings. The molecule has 5 nitrogen and oxygen atoms in total. The van der Waals surface area contributed by atoms with E-state index in [1.165, 1.54) is 10.4 Å². The summed E-state index contributed by atoms with van der Waals surface area (Å²) in [6, 6.07) is 0. The van der Waals surface area contributed by atoms with Crippen LogP contribution in [0.5, 0.6) is 0 Å². The van der Waals surface area contributed by atoms with E-state index in [-0.39, 0.29) is 0 Å². The van der Waals surface area contributed by atoms with Gasteiger partial charge in [-0.1, -0.05) is 13.3 Å². The number of likely N-dealkylation sites (tertiary alicyclic amines) is 1. The van der Waals surface area contributed by atoms with E-state index < -0.39 is 5.60 Å². The first-order valence-electron chi connectivity index (χ1n) is 7.38. The molecule has 0 radical (unpaired) electrons. The lowest BCUT2D eigenvalue weighted by molar-refractivity contribution is -0.107. The van der Waals surface area contributed by atoms with E-state index in [0.717, 1.165) is 28.9 Å². The molecule has 0 atom stereocenters. The number of anilines is 1. The van der Waals surface area contributed by atoms with Crippen molar-refractivity contribution in [3.05, 3.63) is 16.3 Å². The Hall–Kier alpha value is -1.24. The first-order chi connectivity index (χ1) is 9.92. The quantitative estimate of drug-likeness (QED) is 0.906. The highest BCUT2D eigenvalue weighted by molar-refractivity contribution is 7.18. The fraction of sp³-hybridized carbons (Fsp3) is 0.600. The van der Waals surface area contributed by atoms with Gasteiger partial charge in [-0.3, -0.25) is 4.90 Å². The van der Waals surface area contributed by atoms with E-state index in [1.807, 2.05) is 0 Å². The van der Waals surface area contributed by atoms with Crippen molar-refractivity contribution in [2.24, 2.45) is 0 Å². The van der Waals surface area contributed by atoms with E-state index in [9.17, 15) is 5.11 Å². The second kappa shape index (κ2) is 5.19. The molecule has 2 aromatic rings. The van der Waals surface area contributed by atoms with Crippen LogP contribution in [0.2, 0.25) is 0 Å². The van der Waals surface area contributed by atoms with Crippen LogP contribution in [0, 0.1) is 13.8 Å². The molecule has 3 heterocycles.